The molecular weight excluding hydrogens is 455 g/mol. The number of ether oxygens (including phenoxy) is 5. The summed E-state index contributed by atoms with van der Waals surface area (Å²) >= 11 is 0. The van der Waals surface area contributed by atoms with Gasteiger partial charge < -0.3 is 59.1 Å². The summed E-state index contributed by atoms with van der Waals surface area (Å²) in [5.41, 5.74) is 0. The largest absolute Gasteiger partial charge is 1.00 e. The summed E-state index contributed by atoms with van der Waals surface area (Å²) in [4.78, 5) is 10.6. The molecule has 0 bridgehead atoms. The molecule has 0 aromatic carbocycles. The minimum absolute atomic E-state index is 0. The number of aliphatic carboxylic acids is 1. The number of aliphatic hydroxyl groups is 5. The van der Waals surface area contributed by atoms with Crippen molar-refractivity contribution in [3.63, 3.8) is 0 Å². The number of hydrogen-bond donors (Lipinski definition) is 5. The van der Waals surface area contributed by atoms with Crippen molar-refractivity contribution in [2.75, 3.05) is 46.8 Å². The fourth-order valence-electron chi connectivity index (χ4n) is 4.27. The van der Waals surface area contributed by atoms with Gasteiger partial charge in [-0.2, -0.15) is 0 Å². The van der Waals surface area contributed by atoms with Gasteiger partial charge in [-0.15, -0.1) is 0 Å². The van der Waals surface area contributed by atoms with Gasteiger partial charge >= 0.3 is 29.6 Å². The topological polar surface area (TPSA) is 187 Å². The number of carboxylic acids is 1. The molecule has 2 aliphatic heterocycles. The molecule has 188 valence electrons. The SMILES string of the molecule is CCC1C(CO)OC(COCC2C(COCC(=O)[O-])OC(COC)C(O)C2O)C(O)C1O.[Na+]. The third-order valence-corrected chi connectivity index (χ3v) is 6.07. The van der Waals surface area contributed by atoms with Crippen LogP contribution in [0.25, 0.3) is 0 Å². The maximum atomic E-state index is 10.6. The van der Waals surface area contributed by atoms with Gasteiger partial charge in [0.1, 0.15) is 24.4 Å². The minimum atomic E-state index is -1.41. The average Bonchev–Trinajstić information content (AvgIpc) is 2.76. The van der Waals surface area contributed by atoms with Crippen LogP contribution in [-0.4, -0.2) is 127 Å². The zero-order chi connectivity index (χ0) is 23.8. The van der Waals surface area contributed by atoms with Crippen molar-refractivity contribution in [2.45, 2.75) is 62.2 Å². The summed E-state index contributed by atoms with van der Waals surface area (Å²) in [6.45, 7) is 0.348. The van der Waals surface area contributed by atoms with Crippen LogP contribution in [0.1, 0.15) is 13.3 Å². The van der Waals surface area contributed by atoms with Gasteiger partial charge in [-0.25, -0.2) is 0 Å². The normalized spacial score (nSPS) is 39.1. The quantitative estimate of drug-likeness (QED) is 0.163. The Hall–Kier alpha value is 0.0700. The van der Waals surface area contributed by atoms with E-state index in [1.165, 1.54) is 7.11 Å². The molecule has 2 saturated heterocycles. The summed E-state index contributed by atoms with van der Waals surface area (Å²) in [5, 5.41) is 61.7. The van der Waals surface area contributed by atoms with Gasteiger partial charge in [0.25, 0.3) is 0 Å². The van der Waals surface area contributed by atoms with Crippen molar-refractivity contribution in [3.8, 4) is 0 Å². The van der Waals surface area contributed by atoms with E-state index in [9.17, 15) is 35.4 Å². The molecule has 0 amide bonds. The first-order valence-electron chi connectivity index (χ1n) is 10.7. The Kier molecular flexibility index (Phi) is 14.4. The van der Waals surface area contributed by atoms with Gasteiger partial charge in [-0.1, -0.05) is 6.92 Å². The summed E-state index contributed by atoms with van der Waals surface area (Å²) in [6.07, 6.45) is -7.59. The summed E-state index contributed by atoms with van der Waals surface area (Å²) in [6, 6.07) is 0. The Morgan fingerprint density at radius 3 is 1.91 bits per heavy atom. The molecule has 2 aliphatic rings. The number of carbonyl (C=O) groups excluding carboxylic acids is 1. The number of methoxy groups -OCH3 is 1. The molecule has 0 radical (unpaired) electrons. The monoisotopic (exact) mass is 490 g/mol. The Bertz CT molecular complexity index is 567. The van der Waals surface area contributed by atoms with E-state index in [-0.39, 0.29) is 62.6 Å². The maximum absolute atomic E-state index is 10.6. The van der Waals surface area contributed by atoms with Crippen LogP contribution in [0.2, 0.25) is 0 Å². The van der Waals surface area contributed by atoms with Gasteiger partial charge in [0.05, 0.1) is 70.0 Å². The molecule has 10 atom stereocenters. The van der Waals surface area contributed by atoms with Crippen LogP contribution in [0.3, 0.4) is 0 Å². The predicted molar refractivity (Wildman–Crippen MR) is 104 cm³/mol. The second-order valence-electron chi connectivity index (χ2n) is 8.19. The molecule has 13 heteroatoms. The molecule has 0 spiro atoms. The van der Waals surface area contributed by atoms with Crippen molar-refractivity contribution in [1.82, 2.24) is 0 Å². The van der Waals surface area contributed by atoms with Crippen LogP contribution < -0.4 is 34.7 Å². The summed E-state index contributed by atoms with van der Waals surface area (Å²) in [5.74, 6) is -2.62. The molecule has 0 aliphatic carbocycles. The van der Waals surface area contributed by atoms with E-state index in [1.54, 1.807) is 0 Å². The Morgan fingerprint density at radius 1 is 0.818 bits per heavy atom. The van der Waals surface area contributed by atoms with Crippen molar-refractivity contribution >= 4 is 5.97 Å². The summed E-state index contributed by atoms with van der Waals surface area (Å²) < 4.78 is 27.1. The van der Waals surface area contributed by atoms with Gasteiger partial charge in [-0.3, -0.25) is 0 Å². The first kappa shape index (κ1) is 31.1. The second-order valence-corrected chi connectivity index (χ2v) is 8.19. The van der Waals surface area contributed by atoms with Gasteiger partial charge in [0.2, 0.25) is 0 Å². The molecule has 10 unspecified atom stereocenters. The van der Waals surface area contributed by atoms with E-state index in [4.69, 9.17) is 23.7 Å². The summed E-state index contributed by atoms with van der Waals surface area (Å²) in [7, 11) is 1.41. The number of rotatable bonds is 12. The van der Waals surface area contributed by atoms with Crippen LogP contribution in [0, 0.1) is 11.8 Å². The van der Waals surface area contributed by atoms with Crippen molar-refractivity contribution < 1.29 is 88.7 Å². The number of hydrogen-bond acceptors (Lipinski definition) is 12. The second kappa shape index (κ2) is 15.2. The number of aliphatic hydroxyl groups excluding tert-OH is 5. The van der Waals surface area contributed by atoms with E-state index in [0.717, 1.165) is 0 Å². The van der Waals surface area contributed by atoms with Crippen molar-refractivity contribution in [2.24, 2.45) is 11.8 Å². The average molecular weight is 490 g/mol. The van der Waals surface area contributed by atoms with Crippen molar-refractivity contribution in [1.29, 1.82) is 0 Å². The van der Waals surface area contributed by atoms with Gasteiger partial charge in [-0.05, 0) is 6.42 Å². The smallest absolute Gasteiger partial charge is 0.548 e. The van der Waals surface area contributed by atoms with E-state index < -0.39 is 73.2 Å². The first-order valence-corrected chi connectivity index (χ1v) is 10.7. The van der Waals surface area contributed by atoms with E-state index >= 15 is 0 Å². The Balaban J connectivity index is 0.00000544. The number of carboxylic acid groups (broad SMARTS) is 1. The van der Waals surface area contributed by atoms with Crippen molar-refractivity contribution in [3.05, 3.63) is 0 Å². The third-order valence-electron chi connectivity index (χ3n) is 6.07. The Labute approximate surface area is 215 Å². The molecule has 2 fully saturated rings. The molecule has 12 nitrogen and oxygen atoms in total. The standard InChI is InChI=1S/C20H36O12.Na/c1-3-10-12(4-21)31-15(20(27)17(10)24)8-29-5-11-13(7-30-9-16(22)23)32-14(6-28-2)19(26)18(11)25;/h10-15,17-21,24-27H,3-9H2,1-2H3,(H,22,23);/q;+1/p-1. The van der Waals surface area contributed by atoms with E-state index in [1.807, 2.05) is 6.92 Å². The molecule has 0 aromatic rings. The predicted octanol–water partition coefficient (Wildman–Crippen LogP) is -6.97. The fraction of sp³-hybridized carbons (Fsp3) is 0.950. The van der Waals surface area contributed by atoms with E-state index in [2.05, 4.69) is 0 Å². The van der Waals surface area contributed by atoms with Crippen LogP contribution >= 0.6 is 0 Å². The molecule has 2 heterocycles. The molecule has 5 N–H and O–H groups in total. The zero-order valence-electron chi connectivity index (χ0n) is 19.3. The van der Waals surface area contributed by atoms with Crippen LogP contribution in [-0.2, 0) is 28.5 Å². The van der Waals surface area contributed by atoms with Crippen LogP contribution in [0.15, 0.2) is 0 Å². The van der Waals surface area contributed by atoms with E-state index in [0.29, 0.717) is 6.42 Å². The van der Waals surface area contributed by atoms with Gasteiger partial charge in [0.15, 0.2) is 0 Å². The molecule has 33 heavy (non-hydrogen) atoms. The Morgan fingerprint density at radius 2 is 1.36 bits per heavy atom. The first-order chi connectivity index (χ1) is 15.2. The molecular formula is C20H35NaO12. The van der Waals surface area contributed by atoms with Crippen LogP contribution in [0.4, 0.5) is 0 Å². The molecule has 0 saturated carbocycles. The van der Waals surface area contributed by atoms with Crippen LogP contribution in [0.5, 0.6) is 0 Å². The molecule has 2 rings (SSSR count). The maximum Gasteiger partial charge on any atom is 1.00 e. The minimum Gasteiger partial charge on any atom is -0.548 e. The number of carbonyl (C=O) groups is 1. The molecule has 0 aromatic heterocycles. The fourth-order valence-corrected chi connectivity index (χ4v) is 4.27. The zero-order valence-corrected chi connectivity index (χ0v) is 21.3. The third kappa shape index (κ3) is 8.31. The van der Waals surface area contributed by atoms with Gasteiger partial charge in [0, 0.05) is 18.9 Å².